The molecule has 3 rings (SSSR count). The number of rotatable bonds is 5. The largest absolute Gasteiger partial charge is 0.466 e. The Balaban J connectivity index is 2.23. The third-order valence-electron chi connectivity index (χ3n) is 4.50. The Kier molecular flexibility index (Phi) is 5.51. The molecule has 1 aromatic rings. The normalized spacial score (nSPS) is 20.9. The van der Waals surface area contributed by atoms with Gasteiger partial charge in [-0.1, -0.05) is 42.5 Å². The van der Waals surface area contributed by atoms with Gasteiger partial charge in [0.05, 0.1) is 36.4 Å². The molecule has 0 spiro atoms. The van der Waals surface area contributed by atoms with E-state index in [0.717, 1.165) is 0 Å². The molecular weight excluding hydrogens is 366 g/mol. The van der Waals surface area contributed by atoms with E-state index in [9.17, 15) is 14.4 Å². The van der Waals surface area contributed by atoms with E-state index in [1.54, 1.807) is 41.3 Å². The number of benzene rings is 1. The molecule has 7 heteroatoms. The van der Waals surface area contributed by atoms with Gasteiger partial charge in [-0.3, -0.25) is 4.79 Å². The van der Waals surface area contributed by atoms with Gasteiger partial charge in [-0.25, -0.2) is 9.59 Å². The van der Waals surface area contributed by atoms with Crippen molar-refractivity contribution in [2.24, 2.45) is 0 Å². The molecule has 0 saturated carbocycles. The molecule has 6 nitrogen and oxygen atoms in total. The van der Waals surface area contributed by atoms with E-state index in [1.807, 2.05) is 18.4 Å². The average molecular weight is 385 g/mol. The molecule has 2 unspecified atom stereocenters. The number of ketones is 1. The highest BCUT2D eigenvalue weighted by Crippen LogP contribution is 2.42. The molecule has 27 heavy (non-hydrogen) atoms. The van der Waals surface area contributed by atoms with Crippen molar-refractivity contribution in [1.82, 2.24) is 4.90 Å². The van der Waals surface area contributed by atoms with Crippen molar-refractivity contribution in [3.05, 3.63) is 71.0 Å². The minimum atomic E-state index is -0.970. The van der Waals surface area contributed by atoms with Gasteiger partial charge in [0.1, 0.15) is 6.04 Å². The fraction of sp³-hybridized carbons (Fsp3) is 0.250. The number of ether oxygens (including phenoxy) is 2. The molecule has 0 aromatic heterocycles. The van der Waals surface area contributed by atoms with Crippen molar-refractivity contribution in [2.45, 2.75) is 11.4 Å². The first kappa shape index (κ1) is 19.0. The summed E-state index contributed by atoms with van der Waals surface area (Å²) in [6.07, 6.45) is 7.32. The van der Waals surface area contributed by atoms with Crippen LogP contribution in [0.3, 0.4) is 0 Å². The Labute approximate surface area is 161 Å². The summed E-state index contributed by atoms with van der Waals surface area (Å²) in [4.78, 5) is 40.2. The van der Waals surface area contributed by atoms with E-state index in [4.69, 9.17) is 9.47 Å². The Morgan fingerprint density at radius 1 is 1.04 bits per heavy atom. The number of carbonyl (C=O) groups excluding carboxylic acids is 3. The van der Waals surface area contributed by atoms with Gasteiger partial charge in [0, 0.05) is 5.56 Å². The van der Waals surface area contributed by atoms with Crippen LogP contribution in [0.15, 0.2) is 65.4 Å². The molecule has 1 aromatic carbocycles. The molecule has 2 heterocycles. The van der Waals surface area contributed by atoms with Gasteiger partial charge in [-0.2, -0.15) is 0 Å². The van der Waals surface area contributed by atoms with E-state index in [1.165, 1.54) is 26.0 Å². The van der Waals surface area contributed by atoms with E-state index in [2.05, 4.69) is 0 Å². The summed E-state index contributed by atoms with van der Waals surface area (Å²) < 4.78 is 9.81. The number of thioether (sulfide) groups is 1. The molecule has 0 fully saturated rings. The highest BCUT2D eigenvalue weighted by atomic mass is 32.2. The van der Waals surface area contributed by atoms with Crippen LogP contribution in [0.1, 0.15) is 10.4 Å². The molecule has 0 N–H and O–H groups in total. The molecule has 2 atom stereocenters. The Morgan fingerprint density at radius 3 is 2.30 bits per heavy atom. The lowest BCUT2D eigenvalue weighted by molar-refractivity contribution is -0.139. The second kappa shape index (κ2) is 7.84. The Hall–Kier alpha value is -2.80. The molecule has 0 radical (unpaired) electrons. The van der Waals surface area contributed by atoms with Crippen LogP contribution in [0.25, 0.3) is 0 Å². The summed E-state index contributed by atoms with van der Waals surface area (Å²) in [6, 6.07) is 7.72. The number of Topliss-reactive ketones (excluding diaryl/α,β-unsaturated/α-hetero) is 1. The zero-order chi connectivity index (χ0) is 19.6. The van der Waals surface area contributed by atoms with Crippen LogP contribution < -0.4 is 0 Å². The van der Waals surface area contributed by atoms with Gasteiger partial charge in [0.25, 0.3) is 0 Å². The van der Waals surface area contributed by atoms with Crippen LogP contribution >= 0.6 is 11.8 Å². The van der Waals surface area contributed by atoms with Gasteiger partial charge >= 0.3 is 11.9 Å². The van der Waals surface area contributed by atoms with E-state index < -0.39 is 18.0 Å². The maximum absolute atomic E-state index is 13.4. The third kappa shape index (κ3) is 3.19. The van der Waals surface area contributed by atoms with Crippen molar-refractivity contribution in [3.63, 3.8) is 0 Å². The second-order valence-corrected chi connectivity index (χ2v) is 6.83. The first-order valence-corrected chi connectivity index (χ1v) is 9.54. The van der Waals surface area contributed by atoms with Gasteiger partial charge in [0.15, 0.2) is 5.78 Å². The highest BCUT2D eigenvalue weighted by Gasteiger charge is 2.49. The summed E-state index contributed by atoms with van der Waals surface area (Å²) >= 11 is 1.50. The predicted molar refractivity (Wildman–Crippen MR) is 102 cm³/mol. The molecule has 0 aliphatic carbocycles. The van der Waals surface area contributed by atoms with Crippen molar-refractivity contribution in [1.29, 1.82) is 0 Å². The number of hydrogen-bond acceptors (Lipinski definition) is 7. The second-order valence-electron chi connectivity index (χ2n) is 5.87. The maximum atomic E-state index is 13.4. The molecule has 140 valence electrons. The number of nitrogens with zero attached hydrogens (tertiary/aromatic N) is 1. The minimum absolute atomic E-state index is 0.00667. The van der Waals surface area contributed by atoms with Crippen LogP contribution in [-0.2, 0) is 19.1 Å². The van der Waals surface area contributed by atoms with E-state index >= 15 is 0 Å². The van der Waals surface area contributed by atoms with E-state index in [-0.39, 0.29) is 22.3 Å². The number of allylic oxidation sites excluding steroid dienone is 2. The van der Waals surface area contributed by atoms with Gasteiger partial charge in [0.2, 0.25) is 0 Å². The standard InChI is InChI=1S/C20H19NO5S/c1-25-19(23)15-13-10-7-11-14(27-3)21(13)17(16(15)20(24)26-2)18(22)12-8-5-4-6-9-12/h4-11,14,17H,1-3H3. The molecule has 0 amide bonds. The molecule has 2 aliphatic rings. The van der Waals surface area contributed by atoms with Crippen molar-refractivity contribution in [2.75, 3.05) is 20.5 Å². The lowest BCUT2D eigenvalue weighted by Crippen LogP contribution is -2.44. The summed E-state index contributed by atoms with van der Waals surface area (Å²) in [5, 5.41) is -0.218. The van der Waals surface area contributed by atoms with Crippen molar-refractivity contribution in [3.8, 4) is 0 Å². The monoisotopic (exact) mass is 385 g/mol. The van der Waals surface area contributed by atoms with Crippen LogP contribution in [0.2, 0.25) is 0 Å². The lowest BCUT2D eigenvalue weighted by atomic mass is 9.96. The quantitative estimate of drug-likeness (QED) is 0.569. The van der Waals surface area contributed by atoms with Gasteiger partial charge in [-0.15, -0.1) is 11.8 Å². The third-order valence-corrected chi connectivity index (χ3v) is 5.37. The molecular formula is C20H19NO5S. The summed E-state index contributed by atoms with van der Waals surface area (Å²) in [5.74, 6) is -1.68. The number of methoxy groups -OCH3 is 2. The number of hydrogen-bond donors (Lipinski definition) is 0. The van der Waals surface area contributed by atoms with Gasteiger partial charge in [-0.05, 0) is 12.3 Å². The summed E-state index contributed by atoms with van der Waals surface area (Å²) in [7, 11) is 2.47. The van der Waals surface area contributed by atoms with E-state index in [0.29, 0.717) is 11.3 Å². The fourth-order valence-electron chi connectivity index (χ4n) is 3.32. The maximum Gasteiger partial charge on any atom is 0.340 e. The van der Waals surface area contributed by atoms with Crippen molar-refractivity contribution < 1.29 is 23.9 Å². The van der Waals surface area contributed by atoms with Crippen molar-refractivity contribution >= 4 is 29.5 Å². The molecule has 0 saturated heterocycles. The Bertz CT molecular complexity index is 872. The predicted octanol–water partition coefficient (Wildman–Crippen LogP) is 2.34. The fourth-order valence-corrected chi connectivity index (χ4v) is 4.03. The van der Waals surface area contributed by atoms with Crippen LogP contribution in [0.4, 0.5) is 0 Å². The molecule has 0 bridgehead atoms. The Morgan fingerprint density at radius 2 is 1.70 bits per heavy atom. The smallest absolute Gasteiger partial charge is 0.340 e. The SMILES string of the molecule is COC(=O)C1=C(C(=O)OC)C(C(=O)c2ccccc2)N2C1=CC=CC2SC. The zero-order valence-corrected chi connectivity index (χ0v) is 16.0. The minimum Gasteiger partial charge on any atom is -0.466 e. The summed E-state index contributed by atoms with van der Waals surface area (Å²) in [6.45, 7) is 0. The average Bonchev–Trinajstić information content (AvgIpc) is 3.07. The first-order valence-electron chi connectivity index (χ1n) is 8.25. The number of carbonyl (C=O) groups is 3. The van der Waals surface area contributed by atoms with Crippen LogP contribution in [0.5, 0.6) is 0 Å². The van der Waals surface area contributed by atoms with Crippen LogP contribution in [0, 0.1) is 0 Å². The lowest BCUT2D eigenvalue weighted by Gasteiger charge is -2.35. The first-order chi connectivity index (χ1) is 13.0. The topological polar surface area (TPSA) is 72.9 Å². The number of fused-ring (bicyclic) bond motifs is 1. The molecule has 2 aliphatic heterocycles. The highest BCUT2D eigenvalue weighted by molar-refractivity contribution is 7.99. The van der Waals surface area contributed by atoms with Gasteiger partial charge < -0.3 is 14.4 Å². The zero-order valence-electron chi connectivity index (χ0n) is 15.2. The summed E-state index contributed by atoms with van der Waals surface area (Å²) in [5.41, 5.74) is 1.01. The van der Waals surface area contributed by atoms with Crippen LogP contribution in [-0.4, -0.2) is 54.5 Å². The number of esters is 2.